The lowest BCUT2D eigenvalue weighted by molar-refractivity contribution is 0.0862. The zero-order chi connectivity index (χ0) is 23.0. The third-order valence-corrected chi connectivity index (χ3v) is 9.26. The summed E-state index contributed by atoms with van der Waals surface area (Å²) in [6.07, 6.45) is 13.9. The summed E-state index contributed by atoms with van der Waals surface area (Å²) >= 11 is 5.95. The Hall–Kier alpha value is -1.14. The summed E-state index contributed by atoms with van der Waals surface area (Å²) in [7, 11) is -3.35. The quantitative estimate of drug-likeness (QED) is 0.546. The molecule has 3 aliphatic carbocycles. The van der Waals surface area contributed by atoms with E-state index in [1.165, 1.54) is 11.1 Å². The summed E-state index contributed by atoms with van der Waals surface area (Å²) in [5.74, 6) is 0.656. The second kappa shape index (κ2) is 9.38. The number of rotatable bonds is 5. The maximum atomic E-state index is 11.6. The van der Waals surface area contributed by atoms with E-state index in [-0.39, 0.29) is 15.7 Å². The van der Waals surface area contributed by atoms with E-state index in [1.54, 1.807) is 6.08 Å². The largest absolute Gasteiger partial charge is 0.393 e. The van der Waals surface area contributed by atoms with Gasteiger partial charge in [0.1, 0.15) is 4.36 Å². The molecule has 4 nitrogen and oxygen atoms in total. The molecule has 0 aromatic rings. The fraction of sp³-hybridized carbons (Fsp3) is 0.600. The smallest absolute Gasteiger partial charge is 0.185 e. The Bertz CT molecular complexity index is 956. The van der Waals surface area contributed by atoms with Crippen LogP contribution < -0.4 is 0 Å². The molecule has 2 saturated carbocycles. The van der Waals surface area contributed by atoms with Gasteiger partial charge in [-0.3, -0.25) is 0 Å². The number of hydrogen-bond donors (Lipinski definition) is 2. The molecule has 0 amide bonds. The van der Waals surface area contributed by atoms with Crippen LogP contribution in [-0.4, -0.2) is 37.1 Å². The third kappa shape index (κ3) is 5.27. The van der Waals surface area contributed by atoms with Gasteiger partial charge in [0.2, 0.25) is 0 Å². The van der Waals surface area contributed by atoms with Gasteiger partial charge in [-0.15, -0.1) is 0 Å². The lowest BCUT2D eigenvalue weighted by Gasteiger charge is -2.42. The van der Waals surface area contributed by atoms with E-state index in [0.29, 0.717) is 30.8 Å². The second-order valence-corrected chi connectivity index (χ2v) is 12.3. The van der Waals surface area contributed by atoms with Crippen molar-refractivity contribution in [3.05, 3.63) is 57.5 Å². The van der Waals surface area contributed by atoms with Gasteiger partial charge in [-0.2, -0.15) is 0 Å². The Morgan fingerprint density at radius 3 is 2.77 bits per heavy atom. The summed E-state index contributed by atoms with van der Waals surface area (Å²) in [4.78, 5) is 0. The van der Waals surface area contributed by atoms with Crippen molar-refractivity contribution in [3.63, 3.8) is 0 Å². The number of aliphatic hydroxyl groups excluding tert-OH is 2. The molecule has 6 heteroatoms. The fourth-order valence-electron chi connectivity index (χ4n) is 5.63. The summed E-state index contributed by atoms with van der Waals surface area (Å²) in [6.45, 7) is 8.50. The molecule has 172 valence electrons. The SMILES string of the molecule is C=C1/C(=C\C=C2/CCC[C@]3(C)C([C@H](C)C/C=C(\Cl)S(C)(=O)=O)=CC[C@@H]23)C[C@@H](O)C[C@@H]1O. The molecule has 0 spiro atoms. The monoisotopic (exact) mass is 466 g/mol. The number of allylic oxidation sites excluding steroid dienone is 6. The first-order valence-electron chi connectivity index (χ1n) is 11.1. The predicted octanol–water partition coefficient (Wildman–Crippen LogP) is 5.20. The molecule has 2 N–H and O–H groups in total. The van der Waals surface area contributed by atoms with Crippen LogP contribution in [0.3, 0.4) is 0 Å². The Labute approximate surface area is 192 Å². The highest BCUT2D eigenvalue weighted by molar-refractivity contribution is 7.96. The lowest BCUT2D eigenvalue weighted by atomic mass is 9.62. The van der Waals surface area contributed by atoms with Gasteiger partial charge < -0.3 is 10.2 Å². The first-order valence-corrected chi connectivity index (χ1v) is 13.4. The van der Waals surface area contributed by atoms with Crippen molar-refractivity contribution in [1.82, 2.24) is 0 Å². The van der Waals surface area contributed by atoms with Crippen LogP contribution >= 0.6 is 11.6 Å². The van der Waals surface area contributed by atoms with Crippen LogP contribution in [0.2, 0.25) is 0 Å². The van der Waals surface area contributed by atoms with E-state index in [9.17, 15) is 18.6 Å². The molecule has 5 atom stereocenters. The van der Waals surface area contributed by atoms with Crippen molar-refractivity contribution in [1.29, 1.82) is 0 Å². The molecule has 0 saturated heterocycles. The molecule has 0 aromatic carbocycles. The average Bonchev–Trinajstić information content (AvgIpc) is 3.04. The van der Waals surface area contributed by atoms with Gasteiger partial charge in [0.25, 0.3) is 0 Å². The van der Waals surface area contributed by atoms with Crippen LogP contribution in [0.5, 0.6) is 0 Å². The summed E-state index contributed by atoms with van der Waals surface area (Å²) in [5, 5.41) is 20.1. The van der Waals surface area contributed by atoms with Gasteiger partial charge in [0.05, 0.1) is 12.2 Å². The minimum atomic E-state index is -3.35. The van der Waals surface area contributed by atoms with Gasteiger partial charge in [0.15, 0.2) is 9.84 Å². The van der Waals surface area contributed by atoms with Crippen molar-refractivity contribution < 1.29 is 18.6 Å². The van der Waals surface area contributed by atoms with Crippen LogP contribution in [0, 0.1) is 17.3 Å². The Balaban J connectivity index is 1.78. The zero-order valence-electron chi connectivity index (χ0n) is 18.8. The van der Waals surface area contributed by atoms with Crippen LogP contribution in [0.15, 0.2) is 57.5 Å². The highest BCUT2D eigenvalue weighted by Gasteiger charge is 2.45. The van der Waals surface area contributed by atoms with Gasteiger partial charge in [0, 0.05) is 12.7 Å². The van der Waals surface area contributed by atoms with E-state index >= 15 is 0 Å². The summed E-state index contributed by atoms with van der Waals surface area (Å²) in [6, 6.07) is 0. The first-order chi connectivity index (χ1) is 14.4. The Morgan fingerprint density at radius 1 is 1.39 bits per heavy atom. The summed E-state index contributed by atoms with van der Waals surface area (Å²) in [5.41, 5.74) is 4.53. The molecular weight excluding hydrogens is 432 g/mol. The number of sulfone groups is 1. The number of aliphatic hydroxyl groups is 2. The molecule has 31 heavy (non-hydrogen) atoms. The first kappa shape index (κ1) is 24.5. The van der Waals surface area contributed by atoms with E-state index in [1.807, 2.05) is 6.08 Å². The molecule has 0 aliphatic heterocycles. The number of halogens is 1. The van der Waals surface area contributed by atoms with E-state index in [2.05, 4.69) is 32.6 Å². The minimum absolute atomic E-state index is 0.0655. The number of hydrogen-bond acceptors (Lipinski definition) is 4. The maximum Gasteiger partial charge on any atom is 0.185 e. The molecule has 3 rings (SSSR count). The van der Waals surface area contributed by atoms with E-state index in [0.717, 1.165) is 37.5 Å². The van der Waals surface area contributed by atoms with Crippen LogP contribution in [0.1, 0.15) is 58.8 Å². The maximum absolute atomic E-state index is 11.6. The Kier molecular flexibility index (Phi) is 7.42. The normalized spacial score (nSPS) is 35.9. The van der Waals surface area contributed by atoms with Gasteiger partial charge >= 0.3 is 0 Å². The van der Waals surface area contributed by atoms with Crippen LogP contribution in [0.25, 0.3) is 0 Å². The van der Waals surface area contributed by atoms with E-state index in [4.69, 9.17) is 11.6 Å². The molecule has 0 aromatic heterocycles. The van der Waals surface area contributed by atoms with Crippen LogP contribution in [-0.2, 0) is 9.84 Å². The van der Waals surface area contributed by atoms with Gasteiger partial charge in [-0.25, -0.2) is 8.42 Å². The third-order valence-electron chi connectivity index (χ3n) is 7.39. The molecule has 0 bridgehead atoms. The number of fused-ring (bicyclic) bond motifs is 1. The average molecular weight is 467 g/mol. The Morgan fingerprint density at radius 2 is 2.10 bits per heavy atom. The molecule has 3 aliphatic rings. The standard InChI is InChI=1S/C25H35ClO4S/c1-16(7-12-24(26)31(4,29)30)21-10-11-22-18(6-5-13-25(21,22)3)8-9-19-14-20(27)15-23(28)17(19)2/h8-10,12,16,20,22-23,27-28H,2,5-7,11,13-15H2,1,3-4H3/b18-8+,19-9-,24-12+/t16-,20-,22+,23+,25-/m1/s1. The lowest BCUT2D eigenvalue weighted by Crippen LogP contribution is -2.32. The van der Waals surface area contributed by atoms with Crippen LogP contribution in [0.4, 0.5) is 0 Å². The zero-order valence-corrected chi connectivity index (χ0v) is 20.3. The van der Waals surface area contributed by atoms with Crippen molar-refractivity contribution in [2.75, 3.05) is 6.26 Å². The predicted molar refractivity (Wildman–Crippen MR) is 127 cm³/mol. The second-order valence-electron chi connectivity index (χ2n) is 9.70. The summed E-state index contributed by atoms with van der Waals surface area (Å²) < 4.78 is 23.1. The van der Waals surface area contributed by atoms with Crippen molar-refractivity contribution in [2.45, 2.75) is 71.0 Å². The van der Waals surface area contributed by atoms with Gasteiger partial charge in [-0.1, -0.05) is 67.5 Å². The van der Waals surface area contributed by atoms with Crippen molar-refractivity contribution in [3.8, 4) is 0 Å². The minimum Gasteiger partial charge on any atom is -0.393 e. The highest BCUT2D eigenvalue weighted by atomic mass is 35.5. The van der Waals surface area contributed by atoms with Crippen molar-refractivity contribution >= 4 is 21.4 Å². The highest BCUT2D eigenvalue weighted by Crippen LogP contribution is 2.57. The van der Waals surface area contributed by atoms with Gasteiger partial charge in [-0.05, 0) is 66.9 Å². The fourth-order valence-corrected chi connectivity index (χ4v) is 6.12. The molecule has 0 unspecified atom stereocenters. The molecule has 0 heterocycles. The van der Waals surface area contributed by atoms with Crippen molar-refractivity contribution in [2.24, 2.45) is 17.3 Å². The van der Waals surface area contributed by atoms with E-state index < -0.39 is 22.0 Å². The molecule has 2 fully saturated rings. The molecular formula is C25H35ClO4S. The topological polar surface area (TPSA) is 74.6 Å². The molecule has 0 radical (unpaired) electrons.